The van der Waals surface area contributed by atoms with E-state index in [0.717, 1.165) is 91.0 Å². The minimum atomic E-state index is -4.97. The van der Waals surface area contributed by atoms with E-state index in [0.29, 0.717) is 37.2 Å². The fraction of sp³-hybridized carbons (Fsp3) is 0.436. The summed E-state index contributed by atoms with van der Waals surface area (Å²) in [4.78, 5) is 87.3. The quantitative estimate of drug-likeness (QED) is 0.00613. The van der Waals surface area contributed by atoms with Crippen LogP contribution in [0.3, 0.4) is 0 Å². The first-order chi connectivity index (χ1) is 68.2. The molecule has 0 aliphatic heterocycles. The van der Waals surface area contributed by atoms with Crippen LogP contribution in [0, 0.1) is 38.2 Å². The van der Waals surface area contributed by atoms with Crippen molar-refractivity contribution in [2.75, 3.05) is 76.2 Å². The number of amides is 3. The molecule has 3 aromatic heterocycles. The number of nitrogens with one attached hydrogen (secondary N) is 7. The zero-order chi connectivity index (χ0) is 110. The summed E-state index contributed by atoms with van der Waals surface area (Å²) in [6.45, 7) is 25.4. The lowest BCUT2D eigenvalue weighted by atomic mass is 9.97. The Labute approximate surface area is 854 Å². The van der Waals surface area contributed by atoms with E-state index in [9.17, 15) is 115 Å². The lowest BCUT2D eigenvalue weighted by Crippen LogP contribution is -2.38. The number of hydrogen-bond donors (Lipinski definition) is 7. The van der Waals surface area contributed by atoms with E-state index in [1.54, 1.807) is 103 Å². The first-order valence-corrected chi connectivity index (χ1v) is 53.6. The van der Waals surface area contributed by atoms with E-state index in [4.69, 9.17) is 24.9 Å². The van der Waals surface area contributed by atoms with Crippen LogP contribution in [0.25, 0.3) is 33.4 Å². The normalized spacial score (nSPS) is 12.9. The first kappa shape index (κ1) is 124. The molecule has 0 spiro atoms. The molecule has 6 aromatic carbocycles. The Kier molecular flexibility index (Phi) is 47.1. The van der Waals surface area contributed by atoms with Gasteiger partial charge in [-0.3, -0.25) is 53.5 Å². The number of esters is 3. The number of aryl methyl sites for hydroxylation is 3. The number of hydrogen-bond acceptors (Lipinski definition) is 23. The van der Waals surface area contributed by atoms with E-state index in [1.165, 1.54) is 0 Å². The summed E-state index contributed by atoms with van der Waals surface area (Å²) in [7, 11) is -11.2. The monoisotopic (exact) mass is 2170 g/mol. The smallest absolute Gasteiger partial charge is 0.417 e. The second-order valence-corrected chi connectivity index (χ2v) is 45.4. The predicted molar refractivity (Wildman–Crippen MR) is 534 cm³/mol. The highest BCUT2D eigenvalue weighted by Crippen LogP contribution is 2.40. The number of halogens is 13. The molecule has 9 aromatic rings. The van der Waals surface area contributed by atoms with Crippen LogP contribution in [0.2, 0.25) is 0 Å². The zero-order valence-electron chi connectivity index (χ0n) is 83.9. The summed E-state index contributed by atoms with van der Waals surface area (Å²) >= 11 is 0. The minimum Gasteiger partial charge on any atom is -0.459 e. The van der Waals surface area contributed by atoms with Crippen LogP contribution in [0.1, 0.15) is 201 Å². The Balaban J connectivity index is 0.000000316. The molecular weight excluding hydrogens is 2040 g/mol. The van der Waals surface area contributed by atoms with Crippen molar-refractivity contribution in [3.63, 3.8) is 0 Å². The van der Waals surface area contributed by atoms with Crippen LogP contribution in [0.5, 0.6) is 0 Å². The van der Waals surface area contributed by atoms with Crippen LogP contribution < -0.4 is 35.4 Å². The van der Waals surface area contributed by atoms with Crippen molar-refractivity contribution >= 4 is 85.4 Å². The van der Waals surface area contributed by atoms with Crippen LogP contribution in [-0.2, 0) is 114 Å². The summed E-state index contributed by atoms with van der Waals surface area (Å²) in [5.74, 6) is -7.68. The molecular formula is C101H125ClF12N12O17S4. The molecule has 0 aliphatic rings. The molecule has 0 saturated heterocycles. The summed E-state index contributed by atoms with van der Waals surface area (Å²) in [6, 6.07) is 35.0. The fourth-order valence-corrected chi connectivity index (χ4v) is 18.1. The van der Waals surface area contributed by atoms with E-state index < -0.39 is 186 Å². The number of benzene rings is 6. The van der Waals surface area contributed by atoms with Gasteiger partial charge in [-0.25, -0.2) is 61.0 Å². The van der Waals surface area contributed by atoms with Crippen molar-refractivity contribution in [3.8, 4) is 33.4 Å². The van der Waals surface area contributed by atoms with E-state index in [-0.39, 0.29) is 113 Å². The highest BCUT2D eigenvalue weighted by atomic mass is 35.7. The van der Waals surface area contributed by atoms with Crippen molar-refractivity contribution < 1.29 is 129 Å². The first-order valence-electron chi connectivity index (χ1n) is 46.3. The van der Waals surface area contributed by atoms with Crippen molar-refractivity contribution in [2.45, 2.75) is 214 Å². The average Bonchev–Trinajstić information content (AvgIpc) is 0.754. The summed E-state index contributed by atoms with van der Waals surface area (Å²) in [5, 5.41) is 11.1. The molecule has 0 fully saturated rings. The number of aromatic nitrogens is 3. The summed E-state index contributed by atoms with van der Waals surface area (Å²) in [6.07, 6.45) is -2.71. The van der Waals surface area contributed by atoms with Crippen molar-refractivity contribution in [1.82, 2.24) is 60.2 Å². The lowest BCUT2D eigenvalue weighted by molar-refractivity contribution is -0.154. The average molecular weight is 2170 g/mol. The maximum atomic E-state index is 13.9. The molecule has 0 unspecified atom stereocenters. The van der Waals surface area contributed by atoms with E-state index >= 15 is 0 Å². The van der Waals surface area contributed by atoms with Crippen LogP contribution in [0.15, 0.2) is 188 Å². The van der Waals surface area contributed by atoms with Crippen molar-refractivity contribution in [1.29, 1.82) is 0 Å². The number of carbonyl (C=O) groups is 6. The van der Waals surface area contributed by atoms with Gasteiger partial charge in [0.2, 0.25) is 47.8 Å². The van der Waals surface area contributed by atoms with Gasteiger partial charge < -0.3 is 35.5 Å². The Hall–Kier alpha value is -11.4. The molecule has 0 bridgehead atoms. The molecule has 3 heterocycles. The fourth-order valence-electron chi connectivity index (χ4n) is 14.5. The number of pyridine rings is 3. The number of rotatable bonds is 44. The molecule has 9 rings (SSSR count). The second-order valence-electron chi connectivity index (χ2n) is 37.1. The third-order valence-corrected chi connectivity index (χ3v) is 27.0. The largest absolute Gasteiger partial charge is 0.459 e. The minimum absolute atomic E-state index is 0.0274. The molecule has 3 atom stereocenters. The molecule has 0 saturated carbocycles. The van der Waals surface area contributed by atoms with Crippen molar-refractivity contribution in [2.24, 2.45) is 0 Å². The third-order valence-electron chi connectivity index (χ3n) is 21.6. The Morgan fingerprint density at radius 1 is 0.388 bits per heavy atom. The Morgan fingerprint density at radius 3 is 0.993 bits per heavy atom. The van der Waals surface area contributed by atoms with Gasteiger partial charge in [0.05, 0.1) is 38.8 Å². The van der Waals surface area contributed by atoms with Crippen LogP contribution in [0.4, 0.5) is 52.7 Å². The summed E-state index contributed by atoms with van der Waals surface area (Å²) < 4.78 is 276. The maximum Gasteiger partial charge on any atom is 0.417 e. The Morgan fingerprint density at radius 2 is 0.687 bits per heavy atom. The van der Waals surface area contributed by atoms with Gasteiger partial charge in [0.25, 0.3) is 9.05 Å². The van der Waals surface area contributed by atoms with E-state index in [1.807, 2.05) is 114 Å². The maximum absolute atomic E-state index is 13.9. The van der Waals surface area contributed by atoms with Gasteiger partial charge in [-0.1, -0.05) is 66.7 Å². The molecule has 147 heavy (non-hydrogen) atoms. The third kappa shape index (κ3) is 45.7. The van der Waals surface area contributed by atoms with Crippen molar-refractivity contribution in [3.05, 3.63) is 261 Å². The molecule has 0 radical (unpaired) electrons. The predicted octanol–water partition coefficient (Wildman–Crippen LogP) is 17.5. The lowest BCUT2D eigenvalue weighted by Gasteiger charge is -2.31. The van der Waals surface area contributed by atoms with Gasteiger partial charge >= 0.3 is 36.4 Å². The number of sulfonamides is 3. The molecule has 3 amide bonds. The van der Waals surface area contributed by atoms with Gasteiger partial charge in [-0.05, 0) is 300 Å². The van der Waals surface area contributed by atoms with Gasteiger partial charge in [0.15, 0.2) is 0 Å². The molecule has 806 valence electrons. The molecule has 46 heteroatoms. The number of nitrogens with zero attached hydrogens (tertiary/aromatic N) is 5. The van der Waals surface area contributed by atoms with Crippen LogP contribution in [-0.4, -0.2) is 187 Å². The van der Waals surface area contributed by atoms with Crippen LogP contribution >= 0.6 is 10.7 Å². The topological polar surface area (TPSA) is 396 Å². The standard InChI is InChI=1S/2C34H42F4N4O5S.C26H38N4O5S.C7H3ClF4O2S/c2*1-23-20-39-14-13-29(23)26-9-6-8-25(18-26)24(2)42(22-27-11-12-28(35)19-30(27)34(36,37)38)16-7-10-31(43)40-15-17-48(45,46)41-21-32(44)47-33(3,4)5;1-19-17-27-13-11-23(19)22-9-6-8-21(16-22)20(2)28-12-7-10-24(31)29-14-15-36(33,34)30-18-25(32)35-26(3,4)5;8-15(13,14)6-2-1-4(9)3-5(6)7(10,11)12/h2*6,8-9,11-14,18-20,24,41H,7,10,15-17,21-22H2,1-5H3,(H,40,43);6,8-9,11,13,16-17,20,28,30H,7,10,12,14-15,18H2,1-5H3,(H,29,31);1-3H/t2*24-;20-;/m000./s1. The van der Waals surface area contributed by atoms with Gasteiger partial charge in [-0.2, -0.15) is 39.5 Å². The SMILES string of the molecule is Cc1cnccc1-c1cccc([C@H](C)N(CCCC(=O)NCCS(=O)(=O)NCC(=O)OC(C)(C)C)Cc2ccc(F)cc2C(F)(F)F)c1.Cc1cnccc1-c1cccc([C@H](C)N(CCCC(=O)NCCS(=O)(=O)NCC(=O)OC(C)(C)C)Cc2ccc(F)cc2C(F)(F)F)c1.Cc1cnccc1-c1cccc([C@H](C)NCCCC(=O)NCCS(=O)(=O)NCC(=O)OC(C)(C)C)c1.O=S(=O)(Cl)c1ccc(F)cc1C(F)(F)F. The zero-order valence-corrected chi connectivity index (χ0v) is 87.9. The highest BCUT2D eigenvalue weighted by molar-refractivity contribution is 8.13. The second kappa shape index (κ2) is 55.7. The number of carbonyl (C=O) groups excluding carboxylic acids is 6. The number of ether oxygens (including phenoxy) is 3. The van der Waals surface area contributed by atoms with Gasteiger partial charge in [0, 0.05) is 118 Å². The molecule has 7 N–H and O–H groups in total. The highest BCUT2D eigenvalue weighted by Gasteiger charge is 2.39. The summed E-state index contributed by atoms with van der Waals surface area (Å²) in [5.41, 5.74) is 5.67. The molecule has 29 nitrogen and oxygen atoms in total. The van der Waals surface area contributed by atoms with E-state index in [2.05, 4.69) is 75.5 Å². The molecule has 0 aliphatic carbocycles. The Bertz CT molecular complexity index is 6190. The van der Waals surface area contributed by atoms with Gasteiger partial charge in [0.1, 0.15) is 53.9 Å². The van der Waals surface area contributed by atoms with Gasteiger partial charge in [-0.15, -0.1) is 0 Å². The number of alkyl halides is 9.